The van der Waals surface area contributed by atoms with Gasteiger partial charge in [0.2, 0.25) is 5.91 Å². The van der Waals surface area contributed by atoms with E-state index in [1.807, 2.05) is 24.4 Å². The van der Waals surface area contributed by atoms with Crippen LogP contribution in [0, 0.1) is 5.92 Å². The molecule has 1 aliphatic rings. The maximum absolute atomic E-state index is 12.3. The van der Waals surface area contributed by atoms with Gasteiger partial charge in [0.25, 0.3) is 0 Å². The number of thiazole rings is 1. The molecule has 1 N–H and O–H groups in total. The number of ether oxygens (including phenoxy) is 1. The van der Waals surface area contributed by atoms with Crippen LogP contribution < -0.4 is 5.32 Å². The number of carbonyl (C=O) groups is 1. The number of hydrogen-bond donors (Lipinski definition) is 1. The lowest BCUT2D eigenvalue weighted by atomic mass is 9.99. The van der Waals surface area contributed by atoms with Crippen LogP contribution in [0.4, 0.5) is 0 Å². The van der Waals surface area contributed by atoms with Crippen molar-refractivity contribution < 1.29 is 9.53 Å². The molecule has 0 saturated carbocycles. The Morgan fingerprint density at radius 3 is 3.00 bits per heavy atom. The molecule has 1 amide bonds. The second-order valence-electron chi connectivity index (χ2n) is 5.43. The van der Waals surface area contributed by atoms with E-state index in [0.717, 1.165) is 29.1 Å². The number of nitrogens with one attached hydrogen (secondary N) is 1. The SMILES string of the molecule is C[C@H](NC(=O)C1CCOCC1)c1nc(-c2cccnc2)cs1. The summed E-state index contributed by atoms with van der Waals surface area (Å²) < 4.78 is 5.30. The van der Waals surface area contributed by atoms with Gasteiger partial charge in [-0.3, -0.25) is 9.78 Å². The second kappa shape index (κ2) is 6.98. The third kappa shape index (κ3) is 3.51. The molecule has 2 aromatic heterocycles. The van der Waals surface area contributed by atoms with Gasteiger partial charge in [-0.05, 0) is 31.9 Å². The van der Waals surface area contributed by atoms with E-state index < -0.39 is 0 Å². The molecular formula is C16H19N3O2S. The quantitative estimate of drug-likeness (QED) is 0.942. The Kier molecular flexibility index (Phi) is 4.80. The monoisotopic (exact) mass is 317 g/mol. The summed E-state index contributed by atoms with van der Waals surface area (Å²) in [6.45, 7) is 3.33. The minimum absolute atomic E-state index is 0.0638. The highest BCUT2D eigenvalue weighted by molar-refractivity contribution is 7.10. The molecule has 3 heterocycles. The molecule has 0 aliphatic carbocycles. The van der Waals surface area contributed by atoms with E-state index in [2.05, 4.69) is 15.3 Å². The summed E-state index contributed by atoms with van der Waals surface area (Å²) in [6.07, 6.45) is 5.15. The minimum Gasteiger partial charge on any atom is -0.381 e. The van der Waals surface area contributed by atoms with Crippen LogP contribution in [-0.2, 0) is 9.53 Å². The van der Waals surface area contributed by atoms with Gasteiger partial charge in [0.15, 0.2) is 0 Å². The maximum atomic E-state index is 12.3. The number of aromatic nitrogens is 2. The van der Waals surface area contributed by atoms with Crippen molar-refractivity contribution in [2.24, 2.45) is 5.92 Å². The van der Waals surface area contributed by atoms with Gasteiger partial charge >= 0.3 is 0 Å². The van der Waals surface area contributed by atoms with Crippen molar-refractivity contribution in [3.8, 4) is 11.3 Å². The highest BCUT2D eigenvalue weighted by Crippen LogP contribution is 2.25. The molecule has 3 rings (SSSR count). The zero-order valence-corrected chi connectivity index (χ0v) is 13.3. The van der Waals surface area contributed by atoms with E-state index in [9.17, 15) is 4.79 Å². The largest absolute Gasteiger partial charge is 0.381 e. The molecule has 1 aliphatic heterocycles. The number of rotatable bonds is 4. The normalized spacial score (nSPS) is 17.1. The summed E-state index contributed by atoms with van der Waals surface area (Å²) in [5.74, 6) is 0.169. The fourth-order valence-corrected chi connectivity index (χ4v) is 3.32. The van der Waals surface area contributed by atoms with Gasteiger partial charge in [0.1, 0.15) is 5.01 Å². The molecule has 0 spiro atoms. The molecule has 116 valence electrons. The molecule has 0 unspecified atom stereocenters. The van der Waals surface area contributed by atoms with Crippen molar-refractivity contribution in [3.63, 3.8) is 0 Å². The van der Waals surface area contributed by atoms with Crippen LogP contribution in [0.5, 0.6) is 0 Å². The van der Waals surface area contributed by atoms with Crippen LogP contribution in [0.25, 0.3) is 11.3 Å². The van der Waals surface area contributed by atoms with Crippen molar-refractivity contribution in [1.29, 1.82) is 0 Å². The first-order valence-corrected chi connectivity index (χ1v) is 8.36. The summed E-state index contributed by atoms with van der Waals surface area (Å²) in [7, 11) is 0. The lowest BCUT2D eigenvalue weighted by Crippen LogP contribution is -2.35. The molecular weight excluding hydrogens is 298 g/mol. The Labute approximate surface area is 133 Å². The van der Waals surface area contributed by atoms with Gasteiger partial charge in [-0.15, -0.1) is 11.3 Å². The molecule has 5 nitrogen and oxygen atoms in total. The first kappa shape index (κ1) is 15.1. The maximum Gasteiger partial charge on any atom is 0.223 e. The Balaban J connectivity index is 1.64. The van der Waals surface area contributed by atoms with Gasteiger partial charge in [-0.1, -0.05) is 0 Å². The zero-order valence-electron chi connectivity index (χ0n) is 12.5. The molecule has 2 aromatic rings. The minimum atomic E-state index is -0.0780. The number of hydrogen-bond acceptors (Lipinski definition) is 5. The van der Waals surface area contributed by atoms with Crippen molar-refractivity contribution in [2.45, 2.75) is 25.8 Å². The molecule has 0 bridgehead atoms. The van der Waals surface area contributed by atoms with Gasteiger partial charge in [-0.2, -0.15) is 0 Å². The fourth-order valence-electron chi connectivity index (χ4n) is 2.49. The summed E-state index contributed by atoms with van der Waals surface area (Å²) in [4.78, 5) is 21.0. The Bertz CT molecular complexity index is 623. The third-order valence-electron chi connectivity index (χ3n) is 3.80. The predicted octanol–water partition coefficient (Wildman–Crippen LogP) is 2.81. The Hall–Kier alpha value is -1.79. The van der Waals surface area contributed by atoms with Crippen LogP contribution in [0.2, 0.25) is 0 Å². The number of amides is 1. The van der Waals surface area contributed by atoms with E-state index in [1.165, 1.54) is 0 Å². The average Bonchev–Trinajstić information content (AvgIpc) is 3.06. The lowest BCUT2D eigenvalue weighted by Gasteiger charge is -2.22. The predicted molar refractivity (Wildman–Crippen MR) is 85.4 cm³/mol. The van der Waals surface area contributed by atoms with Crippen molar-refractivity contribution in [3.05, 3.63) is 34.9 Å². The lowest BCUT2D eigenvalue weighted by molar-refractivity contribution is -0.128. The van der Waals surface area contributed by atoms with Gasteiger partial charge < -0.3 is 10.1 Å². The van der Waals surface area contributed by atoms with E-state index in [0.29, 0.717) is 13.2 Å². The van der Waals surface area contributed by atoms with E-state index >= 15 is 0 Å². The smallest absolute Gasteiger partial charge is 0.223 e. The van der Waals surface area contributed by atoms with Crippen LogP contribution in [0.15, 0.2) is 29.9 Å². The van der Waals surface area contributed by atoms with Gasteiger partial charge in [0, 0.05) is 42.5 Å². The Morgan fingerprint density at radius 2 is 2.27 bits per heavy atom. The van der Waals surface area contributed by atoms with Crippen molar-refractivity contribution in [1.82, 2.24) is 15.3 Å². The molecule has 1 fully saturated rings. The van der Waals surface area contributed by atoms with Gasteiger partial charge in [0.05, 0.1) is 11.7 Å². The van der Waals surface area contributed by atoms with E-state index in [1.54, 1.807) is 23.7 Å². The van der Waals surface area contributed by atoms with Crippen molar-refractivity contribution >= 4 is 17.2 Å². The molecule has 6 heteroatoms. The highest BCUT2D eigenvalue weighted by atomic mass is 32.1. The van der Waals surface area contributed by atoms with E-state index in [-0.39, 0.29) is 17.9 Å². The summed E-state index contributed by atoms with van der Waals surface area (Å²) in [6, 6.07) is 3.80. The highest BCUT2D eigenvalue weighted by Gasteiger charge is 2.23. The number of carbonyl (C=O) groups excluding carboxylic acids is 1. The molecule has 0 radical (unpaired) electrons. The van der Waals surface area contributed by atoms with E-state index in [4.69, 9.17) is 4.74 Å². The first-order valence-electron chi connectivity index (χ1n) is 7.48. The molecule has 0 aromatic carbocycles. The molecule has 22 heavy (non-hydrogen) atoms. The van der Waals surface area contributed by atoms with Crippen LogP contribution >= 0.6 is 11.3 Å². The number of pyridine rings is 1. The average molecular weight is 317 g/mol. The van der Waals surface area contributed by atoms with Crippen LogP contribution in [0.3, 0.4) is 0 Å². The molecule has 1 saturated heterocycles. The third-order valence-corrected chi connectivity index (χ3v) is 4.83. The number of nitrogens with zero attached hydrogens (tertiary/aromatic N) is 2. The van der Waals surface area contributed by atoms with Crippen LogP contribution in [-0.4, -0.2) is 29.1 Å². The summed E-state index contributed by atoms with van der Waals surface area (Å²) in [5, 5.41) is 5.99. The second-order valence-corrected chi connectivity index (χ2v) is 6.32. The summed E-state index contributed by atoms with van der Waals surface area (Å²) in [5.41, 5.74) is 1.90. The molecule has 1 atom stereocenters. The zero-order chi connectivity index (χ0) is 15.4. The Morgan fingerprint density at radius 1 is 1.45 bits per heavy atom. The topological polar surface area (TPSA) is 64.1 Å². The van der Waals surface area contributed by atoms with Crippen LogP contribution in [0.1, 0.15) is 30.8 Å². The van der Waals surface area contributed by atoms with Gasteiger partial charge in [-0.25, -0.2) is 4.98 Å². The first-order chi connectivity index (χ1) is 10.7. The van der Waals surface area contributed by atoms with Crippen molar-refractivity contribution in [2.75, 3.05) is 13.2 Å². The standard InChI is InChI=1S/C16H19N3O2S/c1-11(18-15(20)12-4-7-21-8-5-12)16-19-14(10-22-16)13-3-2-6-17-9-13/h2-3,6,9-12H,4-5,7-8H2,1H3,(H,18,20)/t11-/m0/s1. The summed E-state index contributed by atoms with van der Waals surface area (Å²) >= 11 is 1.56. The fraction of sp³-hybridized carbons (Fsp3) is 0.438.